The quantitative estimate of drug-likeness (QED) is 0.333. The molecule has 0 saturated carbocycles. The van der Waals surface area contributed by atoms with Crippen molar-refractivity contribution in [2.45, 2.75) is 0 Å². The summed E-state index contributed by atoms with van der Waals surface area (Å²) in [5.74, 6) is 0. The monoisotopic (exact) mass is 166 g/mol. The molecule has 0 aliphatic rings. The van der Waals surface area contributed by atoms with Gasteiger partial charge in [-0.1, -0.05) is 0 Å². The van der Waals surface area contributed by atoms with Crippen molar-refractivity contribution in [1.82, 2.24) is 0 Å². The smallest absolute Gasteiger partial charge is 0.652 e. The van der Waals surface area contributed by atoms with E-state index in [0.29, 0.717) is 0 Å². The average molecular weight is 166 g/mol. The Morgan fingerprint density at radius 1 is 1.11 bits per heavy atom. The van der Waals surface area contributed by atoms with Crippen LogP contribution in [-0.2, 0) is 8.92 Å². The molecule has 0 aliphatic carbocycles. The van der Waals surface area contributed by atoms with Gasteiger partial charge >= 0.3 is 68.4 Å². The minimum Gasteiger partial charge on any atom is -0.652 e. The van der Waals surface area contributed by atoms with Crippen LogP contribution >= 0.6 is 0 Å². The van der Waals surface area contributed by atoms with E-state index in [4.69, 9.17) is 23.9 Å². The van der Waals surface area contributed by atoms with Crippen LogP contribution in [-0.4, -0.2) is 15.4 Å². The van der Waals surface area contributed by atoms with Crippen molar-refractivity contribution in [3.05, 3.63) is 0 Å². The van der Waals surface area contributed by atoms with Gasteiger partial charge in [-0.15, -0.1) is 0 Å². The van der Waals surface area contributed by atoms with Crippen LogP contribution in [0.1, 0.15) is 0 Å². The maximum atomic E-state index is 8.40. The van der Waals surface area contributed by atoms with Gasteiger partial charge in [0.15, 0.2) is 0 Å². The molecule has 0 unspecified atom stereocenters. The van der Waals surface area contributed by atoms with Crippen LogP contribution in [0, 0.1) is 0 Å². The standard InChI is InChI=1S/CH2O3.2Na.O2Si/c2-1(3)4;;;1-3-2/h(H2,2,3,4);;;/q;2*+1;/p-2. The molecule has 0 aromatic carbocycles. The van der Waals surface area contributed by atoms with Crippen molar-refractivity contribution in [3.8, 4) is 0 Å². The molecular formula is CNa2O5Si. The molecule has 0 atom stereocenters. The second-order valence-corrected chi connectivity index (χ2v) is 0.500. The summed E-state index contributed by atoms with van der Waals surface area (Å²) in [6.45, 7) is 0. The molecule has 0 amide bonds. The number of carboxylic acid groups (broad SMARTS) is 2. The number of carbonyl (C=O) groups excluding carboxylic acids is 1. The van der Waals surface area contributed by atoms with Crippen LogP contribution in [0.25, 0.3) is 0 Å². The third kappa shape index (κ3) is 386. The maximum absolute atomic E-state index is 8.40. The fourth-order valence-corrected chi connectivity index (χ4v) is 0. The van der Waals surface area contributed by atoms with Crippen molar-refractivity contribution >= 4 is 15.4 Å². The minimum atomic E-state index is -2.33. The molecule has 0 heterocycles. The fourth-order valence-electron chi connectivity index (χ4n) is 0. The van der Waals surface area contributed by atoms with Gasteiger partial charge in [0.2, 0.25) is 0 Å². The van der Waals surface area contributed by atoms with Gasteiger partial charge in [0.05, 0.1) is 0 Å². The number of rotatable bonds is 0. The van der Waals surface area contributed by atoms with E-state index in [9.17, 15) is 0 Å². The van der Waals surface area contributed by atoms with Gasteiger partial charge in [-0.05, 0) is 6.16 Å². The predicted octanol–water partition coefficient (Wildman–Crippen LogP) is -9.06. The Morgan fingerprint density at radius 3 is 1.11 bits per heavy atom. The Bertz CT molecular complexity index is 83.0. The van der Waals surface area contributed by atoms with E-state index < -0.39 is 15.4 Å². The molecule has 0 aliphatic heterocycles. The summed E-state index contributed by atoms with van der Waals surface area (Å²) in [4.78, 5) is 8.33. The average Bonchev–Trinajstić information content (AvgIpc) is 1.33. The largest absolute Gasteiger partial charge is 1.00 e. The summed E-state index contributed by atoms with van der Waals surface area (Å²) in [5.41, 5.74) is 0. The Morgan fingerprint density at radius 2 is 1.11 bits per heavy atom. The van der Waals surface area contributed by atoms with Gasteiger partial charge in [-0.3, -0.25) is 8.92 Å². The number of carbonyl (C=O) groups is 1. The van der Waals surface area contributed by atoms with E-state index >= 15 is 0 Å². The van der Waals surface area contributed by atoms with E-state index in [2.05, 4.69) is 0 Å². The Hall–Kier alpha value is 1.09. The van der Waals surface area contributed by atoms with Crippen molar-refractivity contribution in [2.75, 3.05) is 0 Å². The van der Waals surface area contributed by atoms with Gasteiger partial charge in [-0.25, -0.2) is 0 Å². The minimum absolute atomic E-state index is 0. The third-order valence-corrected chi connectivity index (χ3v) is 0. The molecule has 0 aromatic heterocycles. The van der Waals surface area contributed by atoms with Crippen molar-refractivity contribution < 1.29 is 83.0 Å². The molecule has 0 spiro atoms. The molecule has 0 rings (SSSR count). The number of hydrogen-bond donors (Lipinski definition) is 0. The Kier molecular flexibility index (Phi) is 57.4. The zero-order valence-electron chi connectivity index (χ0n) is 5.04. The number of hydrogen-bond acceptors (Lipinski definition) is 5. The van der Waals surface area contributed by atoms with Crippen LogP contribution < -0.4 is 69.3 Å². The molecule has 0 radical (unpaired) electrons. The zero-order chi connectivity index (χ0) is 6.28. The van der Waals surface area contributed by atoms with Crippen LogP contribution in [0.2, 0.25) is 0 Å². The van der Waals surface area contributed by atoms with Crippen molar-refractivity contribution in [3.63, 3.8) is 0 Å². The Labute approximate surface area is 97.3 Å². The summed E-state index contributed by atoms with van der Waals surface area (Å²) in [5, 5.41) is 16.7. The van der Waals surface area contributed by atoms with E-state index in [-0.39, 0.29) is 59.1 Å². The van der Waals surface area contributed by atoms with Gasteiger partial charge in [-0.2, -0.15) is 0 Å². The first-order chi connectivity index (χ1) is 3.15. The van der Waals surface area contributed by atoms with Crippen LogP contribution in [0.15, 0.2) is 0 Å². The second kappa shape index (κ2) is 23.0. The summed E-state index contributed by atoms with van der Waals surface area (Å²) >= 11 is 0. The normalized spacial score (nSPS) is 3.56. The van der Waals surface area contributed by atoms with Crippen molar-refractivity contribution in [2.24, 2.45) is 0 Å². The van der Waals surface area contributed by atoms with Crippen LogP contribution in [0.5, 0.6) is 0 Å². The third-order valence-electron chi connectivity index (χ3n) is 0. The van der Waals surface area contributed by atoms with Gasteiger partial charge < -0.3 is 15.0 Å². The maximum Gasteiger partial charge on any atom is 1.00 e. The molecule has 0 saturated heterocycles. The summed E-state index contributed by atoms with van der Waals surface area (Å²) in [6, 6.07) is 0. The van der Waals surface area contributed by atoms with E-state index in [1.807, 2.05) is 0 Å². The fraction of sp³-hybridized carbons (Fsp3) is 0. The molecule has 8 heteroatoms. The van der Waals surface area contributed by atoms with Gasteiger partial charge in [0.1, 0.15) is 0 Å². The summed E-state index contributed by atoms with van der Waals surface area (Å²) in [6.07, 6.45) is -2.33. The van der Waals surface area contributed by atoms with Gasteiger partial charge in [0, 0.05) is 0 Å². The first-order valence-corrected chi connectivity index (χ1v) is 1.84. The van der Waals surface area contributed by atoms with Crippen LogP contribution in [0.4, 0.5) is 4.79 Å². The van der Waals surface area contributed by atoms with Crippen LogP contribution in [0.3, 0.4) is 0 Å². The first kappa shape index (κ1) is 22.5. The molecule has 0 N–H and O–H groups in total. The first-order valence-electron chi connectivity index (χ1n) is 1.02. The molecular weight excluding hydrogens is 166 g/mol. The van der Waals surface area contributed by atoms with E-state index in [1.54, 1.807) is 0 Å². The molecule has 5 nitrogen and oxygen atoms in total. The van der Waals surface area contributed by atoms with E-state index in [1.165, 1.54) is 0 Å². The molecule has 9 heavy (non-hydrogen) atoms. The summed E-state index contributed by atoms with van der Waals surface area (Å²) < 4.78 is 16.8. The SMILES string of the molecule is O=C([O-])[O-].O=[Si]=O.[Na+].[Na+]. The van der Waals surface area contributed by atoms with Crippen molar-refractivity contribution in [1.29, 1.82) is 0 Å². The molecule has 40 valence electrons. The Balaban J connectivity index is -0.0000000233. The topological polar surface area (TPSA) is 97.3 Å². The molecule has 0 fully saturated rings. The van der Waals surface area contributed by atoms with Gasteiger partial charge in [0.25, 0.3) is 0 Å². The molecule has 0 bridgehead atoms. The second-order valence-electron chi connectivity index (χ2n) is 0.333. The molecule has 0 aromatic rings. The van der Waals surface area contributed by atoms with E-state index in [0.717, 1.165) is 0 Å². The summed E-state index contributed by atoms with van der Waals surface area (Å²) in [7, 11) is -1.42. The predicted molar refractivity (Wildman–Crippen MR) is 12.5 cm³/mol. The zero-order valence-corrected chi connectivity index (χ0v) is 10.0.